The van der Waals surface area contributed by atoms with Gasteiger partial charge in [-0.25, -0.2) is 5.43 Å². The molecule has 8 nitrogen and oxygen atoms in total. The van der Waals surface area contributed by atoms with Crippen molar-refractivity contribution in [1.82, 2.24) is 5.43 Å². The molecule has 0 spiro atoms. The zero-order valence-electron chi connectivity index (χ0n) is 12.9. The largest absolute Gasteiger partial charge is 0.477 e. The molecule has 1 amide bonds. The highest BCUT2D eigenvalue weighted by atomic mass is 16.6. The van der Waals surface area contributed by atoms with Gasteiger partial charge in [-0.05, 0) is 30.7 Å². The lowest BCUT2D eigenvalue weighted by atomic mass is 10.1. The van der Waals surface area contributed by atoms with Crippen LogP contribution >= 0.6 is 0 Å². The van der Waals surface area contributed by atoms with Gasteiger partial charge in [-0.2, -0.15) is 5.10 Å². The van der Waals surface area contributed by atoms with Crippen molar-refractivity contribution >= 4 is 23.0 Å². The molecular formula is C16H16N4O4. The van der Waals surface area contributed by atoms with Crippen molar-refractivity contribution in [2.45, 2.75) is 6.92 Å². The Kier molecular flexibility index (Phi) is 5.45. The molecule has 0 atom stereocenters. The Morgan fingerprint density at radius 3 is 2.75 bits per heavy atom. The maximum absolute atomic E-state index is 11.8. The number of carbonyl (C=O) groups excluding carboxylic acids is 1. The molecular weight excluding hydrogens is 312 g/mol. The third-order valence-corrected chi connectivity index (χ3v) is 3.07. The lowest BCUT2D eigenvalue weighted by Gasteiger charge is -2.06. The summed E-state index contributed by atoms with van der Waals surface area (Å²) in [5, 5.41) is 14.8. The fourth-order valence-corrected chi connectivity index (χ4v) is 1.88. The Morgan fingerprint density at radius 1 is 1.29 bits per heavy atom. The molecule has 0 aliphatic carbocycles. The molecule has 0 saturated carbocycles. The van der Waals surface area contributed by atoms with Gasteiger partial charge >= 0.3 is 5.69 Å². The van der Waals surface area contributed by atoms with Crippen molar-refractivity contribution in [2.24, 2.45) is 5.10 Å². The van der Waals surface area contributed by atoms with E-state index in [1.165, 1.54) is 18.2 Å². The summed E-state index contributed by atoms with van der Waals surface area (Å²) >= 11 is 0. The van der Waals surface area contributed by atoms with Crippen LogP contribution < -0.4 is 15.9 Å². The molecule has 0 fully saturated rings. The smallest absolute Gasteiger partial charge is 0.310 e. The zero-order valence-corrected chi connectivity index (χ0v) is 12.9. The van der Waals surface area contributed by atoms with Crippen molar-refractivity contribution in [3.05, 3.63) is 64.2 Å². The normalized spacial score (nSPS) is 11.0. The standard InChI is InChI=1S/C16H16N4O4/c1-11(12-5-4-6-13(17)9-12)18-19-16(21)10-24-15-8-3-2-7-14(15)20(22)23/h2-9H,10,17H2,1H3,(H,19,21)/b18-11-. The van der Waals surface area contributed by atoms with Gasteiger partial charge in [0.05, 0.1) is 10.6 Å². The summed E-state index contributed by atoms with van der Waals surface area (Å²) < 4.78 is 5.17. The molecule has 2 rings (SSSR count). The van der Waals surface area contributed by atoms with Crippen molar-refractivity contribution in [3.8, 4) is 5.75 Å². The second-order valence-electron chi connectivity index (χ2n) is 4.87. The second kappa shape index (κ2) is 7.73. The van der Waals surface area contributed by atoms with Crippen molar-refractivity contribution < 1.29 is 14.5 Å². The number of ether oxygens (including phenoxy) is 1. The number of anilines is 1. The summed E-state index contributed by atoms with van der Waals surface area (Å²) in [5.41, 5.74) is 9.75. The summed E-state index contributed by atoms with van der Waals surface area (Å²) in [7, 11) is 0. The number of amides is 1. The van der Waals surface area contributed by atoms with Gasteiger partial charge in [-0.1, -0.05) is 24.3 Å². The number of carbonyl (C=O) groups is 1. The predicted octanol–water partition coefficient (Wildman–Crippen LogP) is 2.10. The van der Waals surface area contributed by atoms with Crippen molar-refractivity contribution in [3.63, 3.8) is 0 Å². The van der Waals surface area contributed by atoms with E-state index in [1.54, 1.807) is 31.2 Å². The number of nitrogens with two attached hydrogens (primary N) is 1. The quantitative estimate of drug-likeness (QED) is 0.364. The molecule has 2 aromatic carbocycles. The molecule has 0 heterocycles. The first kappa shape index (κ1) is 16.9. The number of para-hydroxylation sites is 2. The van der Waals surface area contributed by atoms with Crippen molar-refractivity contribution in [2.75, 3.05) is 12.3 Å². The predicted molar refractivity (Wildman–Crippen MR) is 89.8 cm³/mol. The number of nitro benzene ring substituents is 1. The number of nitrogens with zero attached hydrogens (tertiary/aromatic N) is 2. The number of rotatable bonds is 6. The average molecular weight is 328 g/mol. The summed E-state index contributed by atoms with van der Waals surface area (Å²) in [4.78, 5) is 22.0. The summed E-state index contributed by atoms with van der Waals surface area (Å²) in [6.07, 6.45) is 0. The molecule has 24 heavy (non-hydrogen) atoms. The molecule has 0 aliphatic rings. The Bertz CT molecular complexity index is 789. The van der Waals surface area contributed by atoms with E-state index in [-0.39, 0.29) is 11.4 Å². The maximum Gasteiger partial charge on any atom is 0.310 e. The molecule has 0 saturated heterocycles. The fourth-order valence-electron chi connectivity index (χ4n) is 1.88. The Hall–Kier alpha value is -3.42. The molecule has 0 radical (unpaired) electrons. The van der Waals surface area contributed by atoms with E-state index >= 15 is 0 Å². The maximum atomic E-state index is 11.8. The van der Waals surface area contributed by atoms with Gasteiger partial charge in [-0.3, -0.25) is 14.9 Å². The van der Waals surface area contributed by atoms with Gasteiger partial charge < -0.3 is 10.5 Å². The van der Waals surface area contributed by atoms with Gasteiger partial charge in [0.2, 0.25) is 0 Å². The van der Waals surface area contributed by atoms with Gasteiger partial charge in [0.1, 0.15) is 0 Å². The summed E-state index contributed by atoms with van der Waals surface area (Å²) in [6, 6.07) is 12.9. The van der Waals surface area contributed by atoms with E-state index in [9.17, 15) is 14.9 Å². The van der Waals surface area contributed by atoms with E-state index in [1.807, 2.05) is 6.07 Å². The first-order valence-electron chi connectivity index (χ1n) is 7.02. The first-order valence-corrected chi connectivity index (χ1v) is 7.02. The van der Waals surface area contributed by atoms with Crippen LogP contribution in [0.3, 0.4) is 0 Å². The van der Waals surface area contributed by atoms with Gasteiger partial charge in [0, 0.05) is 11.8 Å². The molecule has 8 heteroatoms. The number of hydrogen-bond acceptors (Lipinski definition) is 6. The average Bonchev–Trinajstić information content (AvgIpc) is 2.58. The Balaban J connectivity index is 1.94. The minimum absolute atomic E-state index is 0.0224. The van der Waals surface area contributed by atoms with Gasteiger partial charge in [0.25, 0.3) is 5.91 Å². The number of nitrogens with one attached hydrogen (secondary N) is 1. The summed E-state index contributed by atoms with van der Waals surface area (Å²) in [6.45, 7) is 1.33. The molecule has 0 aromatic heterocycles. The summed E-state index contributed by atoms with van der Waals surface area (Å²) in [5.74, 6) is -0.509. The highest BCUT2D eigenvalue weighted by Crippen LogP contribution is 2.25. The lowest BCUT2D eigenvalue weighted by molar-refractivity contribution is -0.385. The molecule has 0 unspecified atom stereocenters. The van der Waals surface area contributed by atoms with Crippen molar-refractivity contribution in [1.29, 1.82) is 0 Å². The van der Waals surface area contributed by atoms with E-state index < -0.39 is 17.4 Å². The number of hydrogen-bond donors (Lipinski definition) is 2. The molecule has 3 N–H and O–H groups in total. The zero-order chi connectivity index (χ0) is 17.5. The van der Waals surface area contributed by atoms with Crippen LogP contribution in [0.25, 0.3) is 0 Å². The van der Waals surface area contributed by atoms with E-state index in [4.69, 9.17) is 10.5 Å². The van der Waals surface area contributed by atoms with Gasteiger partial charge in [-0.15, -0.1) is 0 Å². The lowest BCUT2D eigenvalue weighted by Crippen LogP contribution is -2.25. The van der Waals surface area contributed by atoms with Gasteiger partial charge in [0.15, 0.2) is 12.4 Å². The van der Waals surface area contributed by atoms with Crippen LogP contribution in [0, 0.1) is 10.1 Å². The van der Waals surface area contributed by atoms with Crippen LogP contribution in [0.4, 0.5) is 11.4 Å². The second-order valence-corrected chi connectivity index (χ2v) is 4.87. The van der Waals surface area contributed by atoms with Crippen LogP contribution in [-0.4, -0.2) is 23.1 Å². The Morgan fingerprint density at radius 2 is 2.04 bits per heavy atom. The SMILES string of the molecule is C/C(=N/NC(=O)COc1ccccc1[N+](=O)[O-])c1cccc(N)c1. The highest BCUT2D eigenvalue weighted by Gasteiger charge is 2.14. The number of benzene rings is 2. The molecule has 0 aliphatic heterocycles. The van der Waals surface area contributed by atoms with Crippen LogP contribution in [0.5, 0.6) is 5.75 Å². The third kappa shape index (κ3) is 4.54. The monoisotopic (exact) mass is 328 g/mol. The van der Waals surface area contributed by atoms with Crippen LogP contribution in [0.15, 0.2) is 53.6 Å². The van der Waals surface area contributed by atoms with Crippen LogP contribution in [-0.2, 0) is 4.79 Å². The van der Waals surface area contributed by atoms with E-state index in [0.29, 0.717) is 11.4 Å². The number of hydrazone groups is 1. The van der Waals surface area contributed by atoms with E-state index in [0.717, 1.165) is 5.56 Å². The highest BCUT2D eigenvalue weighted by molar-refractivity contribution is 5.99. The molecule has 124 valence electrons. The molecule has 2 aromatic rings. The number of nitro groups is 1. The minimum Gasteiger partial charge on any atom is -0.477 e. The van der Waals surface area contributed by atoms with Crippen LogP contribution in [0.1, 0.15) is 12.5 Å². The topological polar surface area (TPSA) is 120 Å². The Labute approximate surface area is 138 Å². The first-order chi connectivity index (χ1) is 11.5. The van der Waals surface area contributed by atoms with E-state index in [2.05, 4.69) is 10.5 Å². The fraction of sp³-hybridized carbons (Fsp3) is 0.125. The third-order valence-electron chi connectivity index (χ3n) is 3.07. The number of nitrogen functional groups attached to an aromatic ring is 1. The van der Waals surface area contributed by atoms with Crippen LogP contribution in [0.2, 0.25) is 0 Å². The molecule has 0 bridgehead atoms. The minimum atomic E-state index is -0.574.